The van der Waals surface area contributed by atoms with Gasteiger partial charge in [0.25, 0.3) is 0 Å². The molecule has 0 amide bonds. The maximum atomic E-state index is 4.51. The standard InChI is InChI=1S/C13H17N3/c1-3-4-5-12-11(8-10(2)9-16-12)13-14-6-7-15-13/h6-9H,3-5H2,1-2H3,(H,14,15). The first-order valence-electron chi connectivity index (χ1n) is 5.76. The molecule has 16 heavy (non-hydrogen) atoms. The Morgan fingerprint density at radius 2 is 2.19 bits per heavy atom. The van der Waals surface area contributed by atoms with Crippen LogP contribution in [0.2, 0.25) is 0 Å². The van der Waals surface area contributed by atoms with E-state index in [2.05, 4.69) is 34.9 Å². The van der Waals surface area contributed by atoms with Crippen molar-refractivity contribution in [3.8, 4) is 11.4 Å². The highest BCUT2D eigenvalue weighted by Crippen LogP contribution is 2.21. The van der Waals surface area contributed by atoms with E-state index in [-0.39, 0.29) is 0 Å². The van der Waals surface area contributed by atoms with Crippen molar-refractivity contribution in [3.05, 3.63) is 35.9 Å². The number of imidazole rings is 1. The van der Waals surface area contributed by atoms with Crippen LogP contribution in [-0.4, -0.2) is 15.0 Å². The summed E-state index contributed by atoms with van der Waals surface area (Å²) in [5, 5.41) is 0. The Morgan fingerprint density at radius 1 is 1.31 bits per heavy atom. The molecule has 0 spiro atoms. The van der Waals surface area contributed by atoms with E-state index in [1.807, 2.05) is 12.4 Å². The summed E-state index contributed by atoms with van der Waals surface area (Å²) in [5.74, 6) is 0.919. The molecule has 1 N–H and O–H groups in total. The lowest BCUT2D eigenvalue weighted by atomic mass is 10.1. The summed E-state index contributed by atoms with van der Waals surface area (Å²) in [4.78, 5) is 12.0. The number of aryl methyl sites for hydroxylation is 2. The Bertz CT molecular complexity index is 446. The molecule has 0 unspecified atom stereocenters. The SMILES string of the molecule is CCCCc1ncc(C)cc1-c1ncc[nH]1. The van der Waals surface area contributed by atoms with E-state index >= 15 is 0 Å². The van der Waals surface area contributed by atoms with Crippen LogP contribution in [0.25, 0.3) is 11.4 Å². The fourth-order valence-electron chi connectivity index (χ4n) is 1.76. The highest BCUT2D eigenvalue weighted by molar-refractivity contribution is 5.58. The van der Waals surface area contributed by atoms with Crippen molar-refractivity contribution < 1.29 is 0 Å². The number of pyridine rings is 1. The van der Waals surface area contributed by atoms with Gasteiger partial charge in [-0.3, -0.25) is 4.98 Å². The number of nitrogens with zero attached hydrogens (tertiary/aromatic N) is 2. The monoisotopic (exact) mass is 215 g/mol. The first-order chi connectivity index (χ1) is 7.81. The van der Waals surface area contributed by atoms with Crippen molar-refractivity contribution in [1.82, 2.24) is 15.0 Å². The Hall–Kier alpha value is -1.64. The van der Waals surface area contributed by atoms with Crippen LogP contribution in [0, 0.1) is 6.92 Å². The zero-order chi connectivity index (χ0) is 11.4. The number of nitrogens with one attached hydrogen (secondary N) is 1. The van der Waals surface area contributed by atoms with Gasteiger partial charge in [0, 0.05) is 24.2 Å². The first kappa shape index (κ1) is 10.9. The molecule has 0 aliphatic heterocycles. The lowest BCUT2D eigenvalue weighted by Gasteiger charge is -2.06. The van der Waals surface area contributed by atoms with E-state index in [0.29, 0.717) is 0 Å². The van der Waals surface area contributed by atoms with Gasteiger partial charge in [-0.25, -0.2) is 4.98 Å². The van der Waals surface area contributed by atoms with Gasteiger partial charge in [0.1, 0.15) is 5.82 Å². The van der Waals surface area contributed by atoms with E-state index in [4.69, 9.17) is 0 Å². The summed E-state index contributed by atoms with van der Waals surface area (Å²) >= 11 is 0. The van der Waals surface area contributed by atoms with Crippen molar-refractivity contribution in [3.63, 3.8) is 0 Å². The minimum Gasteiger partial charge on any atom is -0.345 e. The minimum absolute atomic E-state index is 0.919. The average Bonchev–Trinajstić information content (AvgIpc) is 2.80. The molecule has 0 bridgehead atoms. The van der Waals surface area contributed by atoms with Crippen LogP contribution in [0.15, 0.2) is 24.7 Å². The number of aromatic nitrogens is 3. The van der Waals surface area contributed by atoms with E-state index in [0.717, 1.165) is 23.5 Å². The second-order valence-electron chi connectivity index (χ2n) is 4.05. The number of H-pyrrole nitrogens is 1. The third kappa shape index (κ3) is 2.30. The summed E-state index contributed by atoms with van der Waals surface area (Å²) in [5.41, 5.74) is 3.45. The molecule has 0 fully saturated rings. The second-order valence-corrected chi connectivity index (χ2v) is 4.05. The highest BCUT2D eigenvalue weighted by Gasteiger charge is 2.08. The van der Waals surface area contributed by atoms with Gasteiger partial charge in [0.05, 0.1) is 5.69 Å². The van der Waals surface area contributed by atoms with Crippen molar-refractivity contribution in [2.24, 2.45) is 0 Å². The second kappa shape index (κ2) is 4.92. The van der Waals surface area contributed by atoms with Crippen molar-refractivity contribution >= 4 is 0 Å². The largest absolute Gasteiger partial charge is 0.345 e. The quantitative estimate of drug-likeness (QED) is 0.851. The normalized spacial score (nSPS) is 10.6. The van der Waals surface area contributed by atoms with Crippen molar-refractivity contribution in [1.29, 1.82) is 0 Å². The maximum Gasteiger partial charge on any atom is 0.139 e. The summed E-state index contributed by atoms with van der Waals surface area (Å²) < 4.78 is 0. The van der Waals surface area contributed by atoms with Crippen LogP contribution >= 0.6 is 0 Å². The predicted octanol–water partition coefficient (Wildman–Crippen LogP) is 3.12. The Balaban J connectivity index is 2.37. The van der Waals surface area contributed by atoms with Crippen LogP contribution in [0.1, 0.15) is 31.0 Å². The zero-order valence-electron chi connectivity index (χ0n) is 9.83. The van der Waals surface area contributed by atoms with E-state index in [9.17, 15) is 0 Å². The lowest BCUT2D eigenvalue weighted by molar-refractivity contribution is 0.776. The molecule has 2 rings (SSSR count). The molecule has 0 saturated carbocycles. The van der Waals surface area contributed by atoms with Crippen LogP contribution in [-0.2, 0) is 6.42 Å². The molecule has 0 atom stereocenters. The molecule has 2 heterocycles. The summed E-state index contributed by atoms with van der Waals surface area (Å²) in [6.07, 6.45) is 8.93. The number of hydrogen-bond donors (Lipinski definition) is 1. The van der Waals surface area contributed by atoms with E-state index < -0.39 is 0 Å². The molecular formula is C13H17N3. The summed E-state index contributed by atoms with van der Waals surface area (Å²) in [6.45, 7) is 4.25. The van der Waals surface area contributed by atoms with E-state index in [1.165, 1.54) is 18.4 Å². The molecule has 0 aliphatic carbocycles. The van der Waals surface area contributed by atoms with E-state index in [1.54, 1.807) is 6.20 Å². The van der Waals surface area contributed by atoms with Crippen LogP contribution in [0.5, 0.6) is 0 Å². The molecule has 0 radical (unpaired) electrons. The van der Waals surface area contributed by atoms with Gasteiger partial charge in [-0.2, -0.15) is 0 Å². The molecular weight excluding hydrogens is 198 g/mol. The number of unbranched alkanes of at least 4 members (excludes halogenated alkanes) is 1. The van der Waals surface area contributed by atoms with Gasteiger partial charge in [-0.1, -0.05) is 13.3 Å². The van der Waals surface area contributed by atoms with Crippen molar-refractivity contribution in [2.75, 3.05) is 0 Å². The molecule has 84 valence electrons. The molecule has 0 aromatic carbocycles. The van der Waals surface area contributed by atoms with Gasteiger partial charge in [-0.05, 0) is 31.4 Å². The Labute approximate surface area is 96.0 Å². The predicted molar refractivity (Wildman–Crippen MR) is 65.2 cm³/mol. The zero-order valence-corrected chi connectivity index (χ0v) is 9.83. The number of rotatable bonds is 4. The van der Waals surface area contributed by atoms with Gasteiger partial charge < -0.3 is 4.98 Å². The molecule has 3 heteroatoms. The summed E-state index contributed by atoms with van der Waals surface area (Å²) in [6, 6.07) is 2.15. The Kier molecular flexibility index (Phi) is 3.34. The van der Waals surface area contributed by atoms with Crippen LogP contribution < -0.4 is 0 Å². The minimum atomic E-state index is 0.919. The van der Waals surface area contributed by atoms with Gasteiger partial charge in [0.2, 0.25) is 0 Å². The highest BCUT2D eigenvalue weighted by atomic mass is 14.9. The maximum absolute atomic E-state index is 4.51. The number of hydrogen-bond acceptors (Lipinski definition) is 2. The molecule has 0 saturated heterocycles. The fraction of sp³-hybridized carbons (Fsp3) is 0.385. The molecule has 0 aliphatic rings. The van der Waals surface area contributed by atoms with Crippen LogP contribution in [0.4, 0.5) is 0 Å². The lowest BCUT2D eigenvalue weighted by Crippen LogP contribution is -1.96. The van der Waals surface area contributed by atoms with Gasteiger partial charge >= 0.3 is 0 Å². The Morgan fingerprint density at radius 3 is 2.88 bits per heavy atom. The smallest absolute Gasteiger partial charge is 0.139 e. The average molecular weight is 215 g/mol. The van der Waals surface area contributed by atoms with Crippen LogP contribution in [0.3, 0.4) is 0 Å². The third-order valence-corrected chi connectivity index (χ3v) is 2.63. The number of aromatic amines is 1. The first-order valence-corrected chi connectivity index (χ1v) is 5.76. The molecule has 3 nitrogen and oxygen atoms in total. The molecule has 2 aromatic heterocycles. The topological polar surface area (TPSA) is 41.6 Å². The van der Waals surface area contributed by atoms with Gasteiger partial charge in [-0.15, -0.1) is 0 Å². The van der Waals surface area contributed by atoms with Gasteiger partial charge in [0.15, 0.2) is 0 Å². The fourth-order valence-corrected chi connectivity index (χ4v) is 1.76. The molecule has 2 aromatic rings. The van der Waals surface area contributed by atoms with Crippen molar-refractivity contribution in [2.45, 2.75) is 33.1 Å². The third-order valence-electron chi connectivity index (χ3n) is 2.63. The summed E-state index contributed by atoms with van der Waals surface area (Å²) in [7, 11) is 0.